The first-order valence-corrected chi connectivity index (χ1v) is 21.4. The third kappa shape index (κ3) is 6.49. The van der Waals surface area contributed by atoms with Gasteiger partial charge >= 0.3 is 0 Å². The molecule has 0 aliphatic heterocycles. The van der Waals surface area contributed by atoms with Gasteiger partial charge in [0.15, 0.2) is 0 Å². The number of hydrogen-bond donors (Lipinski definition) is 0. The molecule has 2 unspecified atom stereocenters. The van der Waals surface area contributed by atoms with E-state index < -0.39 is 5.41 Å². The van der Waals surface area contributed by atoms with Crippen molar-refractivity contribution in [1.29, 1.82) is 0 Å². The molecule has 0 nitrogen and oxygen atoms in total. The van der Waals surface area contributed by atoms with Crippen LogP contribution in [0.1, 0.15) is 30.5 Å². The Bertz CT molecular complexity index is 3080. The molecule has 0 radical (unpaired) electrons. The fraction of sp³-hybridized carbons (Fsp3) is 0.0847. The van der Waals surface area contributed by atoms with E-state index >= 15 is 0 Å². The molecule has 0 spiro atoms. The fourth-order valence-electron chi connectivity index (χ4n) is 9.67. The first-order valence-electron chi connectivity index (χ1n) is 21.0. The highest BCUT2D eigenvalue weighted by molar-refractivity contribution is 6.37. The standard InChI is InChI=1S/C59H45Cl/c1-40-21-18-19-38-59(40,2)57-55(50-34-17-16-32-47(50)42-24-8-4-9-25-42)52(39-41-22-6-3-7-23-41)53(45-28-10-5-11-29-45)58(60)56(57)51-37-36-44-27-13-15-33-48(44)54(51)49-35-20-30-43-26-12-14-31-46(43)49/h3-38,40H,39H2,1-2H3. The van der Waals surface area contributed by atoms with Gasteiger partial charge in [-0.05, 0) is 95.1 Å². The molecule has 60 heavy (non-hydrogen) atoms. The molecule has 0 N–H and O–H groups in total. The van der Waals surface area contributed by atoms with Gasteiger partial charge in [-0.1, -0.05) is 244 Å². The van der Waals surface area contributed by atoms with Gasteiger partial charge in [0.05, 0.1) is 5.02 Å². The summed E-state index contributed by atoms with van der Waals surface area (Å²) in [5, 5.41) is 5.60. The second-order valence-electron chi connectivity index (χ2n) is 16.3. The summed E-state index contributed by atoms with van der Waals surface area (Å²) in [6.45, 7) is 4.78. The quantitative estimate of drug-likeness (QED) is 0.144. The molecule has 9 aromatic rings. The number of rotatable bonds is 8. The fourth-order valence-corrected chi connectivity index (χ4v) is 10.1. The maximum Gasteiger partial charge on any atom is 0.0569 e. The monoisotopic (exact) mass is 788 g/mol. The molecule has 1 aliphatic rings. The van der Waals surface area contributed by atoms with Crippen molar-refractivity contribution < 1.29 is 0 Å². The van der Waals surface area contributed by atoms with Gasteiger partial charge in [-0.3, -0.25) is 0 Å². The van der Waals surface area contributed by atoms with E-state index in [9.17, 15) is 0 Å². The van der Waals surface area contributed by atoms with Crippen LogP contribution in [0.25, 0.3) is 77.2 Å². The first-order chi connectivity index (χ1) is 29.5. The molecule has 1 aliphatic carbocycles. The van der Waals surface area contributed by atoms with Crippen molar-refractivity contribution in [2.75, 3.05) is 0 Å². The van der Waals surface area contributed by atoms with Crippen molar-refractivity contribution in [2.45, 2.75) is 25.7 Å². The smallest absolute Gasteiger partial charge is 0.0569 e. The summed E-state index contributed by atoms with van der Waals surface area (Å²) in [5.41, 5.74) is 14.8. The predicted octanol–water partition coefficient (Wildman–Crippen LogP) is 16.6. The maximum absolute atomic E-state index is 8.39. The number of allylic oxidation sites excluding steroid dienone is 4. The molecule has 0 saturated heterocycles. The van der Waals surface area contributed by atoms with Crippen molar-refractivity contribution in [3.8, 4) is 55.6 Å². The van der Waals surface area contributed by atoms with Crippen LogP contribution in [0.3, 0.4) is 0 Å². The van der Waals surface area contributed by atoms with Crippen LogP contribution >= 0.6 is 11.6 Å². The average Bonchev–Trinajstić information content (AvgIpc) is 3.30. The summed E-state index contributed by atoms with van der Waals surface area (Å²) in [6, 6.07) is 70.5. The van der Waals surface area contributed by atoms with Crippen LogP contribution in [0.2, 0.25) is 5.02 Å². The van der Waals surface area contributed by atoms with E-state index in [0.717, 1.165) is 27.3 Å². The summed E-state index contributed by atoms with van der Waals surface area (Å²) in [6.07, 6.45) is 9.92. The highest BCUT2D eigenvalue weighted by Crippen LogP contribution is 2.57. The summed E-state index contributed by atoms with van der Waals surface area (Å²) >= 11 is 8.39. The van der Waals surface area contributed by atoms with E-state index in [1.807, 2.05) is 0 Å². The Morgan fingerprint density at radius 1 is 0.450 bits per heavy atom. The third-order valence-electron chi connectivity index (χ3n) is 12.8. The van der Waals surface area contributed by atoms with E-state index in [1.165, 1.54) is 71.6 Å². The van der Waals surface area contributed by atoms with E-state index in [1.54, 1.807) is 0 Å². The minimum atomic E-state index is -0.449. The predicted molar refractivity (Wildman–Crippen MR) is 258 cm³/mol. The molecular weight excluding hydrogens is 744 g/mol. The highest BCUT2D eigenvalue weighted by Gasteiger charge is 2.40. The van der Waals surface area contributed by atoms with Gasteiger partial charge in [0.1, 0.15) is 0 Å². The molecule has 0 aromatic heterocycles. The van der Waals surface area contributed by atoms with Crippen LogP contribution in [0, 0.1) is 5.92 Å². The normalized spacial score (nSPS) is 16.1. The van der Waals surface area contributed by atoms with Gasteiger partial charge in [-0.2, -0.15) is 0 Å². The van der Waals surface area contributed by atoms with E-state index in [2.05, 4.69) is 232 Å². The Morgan fingerprint density at radius 2 is 1.02 bits per heavy atom. The summed E-state index contributed by atoms with van der Waals surface area (Å²) in [7, 11) is 0. The molecule has 0 bridgehead atoms. The van der Waals surface area contributed by atoms with Crippen LogP contribution in [-0.2, 0) is 11.8 Å². The summed E-state index contributed by atoms with van der Waals surface area (Å²) in [4.78, 5) is 0. The maximum atomic E-state index is 8.39. The Balaban J connectivity index is 1.46. The van der Waals surface area contributed by atoms with E-state index in [-0.39, 0.29) is 5.92 Å². The van der Waals surface area contributed by atoms with E-state index in [0.29, 0.717) is 6.42 Å². The minimum Gasteiger partial charge on any atom is -0.0830 e. The number of fused-ring (bicyclic) bond motifs is 2. The molecule has 10 rings (SSSR count). The summed E-state index contributed by atoms with van der Waals surface area (Å²) < 4.78 is 0. The number of benzene rings is 9. The van der Waals surface area contributed by atoms with Gasteiger partial charge in [0.2, 0.25) is 0 Å². The van der Waals surface area contributed by atoms with Crippen molar-refractivity contribution in [2.24, 2.45) is 5.92 Å². The second kappa shape index (κ2) is 15.8. The average molecular weight is 789 g/mol. The molecule has 1 heteroatoms. The van der Waals surface area contributed by atoms with Crippen molar-refractivity contribution in [3.05, 3.63) is 240 Å². The van der Waals surface area contributed by atoms with Crippen molar-refractivity contribution >= 4 is 33.1 Å². The molecule has 0 fully saturated rings. The number of hydrogen-bond acceptors (Lipinski definition) is 0. The molecular formula is C59H45Cl. The van der Waals surface area contributed by atoms with Gasteiger partial charge in [-0.25, -0.2) is 0 Å². The first kappa shape index (κ1) is 37.5. The van der Waals surface area contributed by atoms with Crippen LogP contribution in [-0.4, -0.2) is 0 Å². The molecule has 0 amide bonds. The zero-order valence-electron chi connectivity index (χ0n) is 33.9. The van der Waals surface area contributed by atoms with Crippen LogP contribution < -0.4 is 0 Å². The Hall–Kier alpha value is -6.73. The van der Waals surface area contributed by atoms with Crippen molar-refractivity contribution in [3.63, 3.8) is 0 Å². The zero-order chi connectivity index (χ0) is 40.6. The van der Waals surface area contributed by atoms with Gasteiger partial charge in [0, 0.05) is 16.5 Å². The molecule has 0 heterocycles. The van der Waals surface area contributed by atoms with Gasteiger partial charge < -0.3 is 0 Å². The molecule has 0 saturated carbocycles. The summed E-state index contributed by atoms with van der Waals surface area (Å²) in [5.74, 6) is 0.161. The SMILES string of the molecule is CC1C=CC=CC1(C)c1c(-c2ccc3ccccc3c2-c2cccc3ccccc23)c(Cl)c(-c2ccccc2)c(Cc2ccccc2)c1-c1ccccc1-c1ccccc1. The largest absolute Gasteiger partial charge is 0.0830 e. The molecule has 2 atom stereocenters. The zero-order valence-corrected chi connectivity index (χ0v) is 34.7. The van der Waals surface area contributed by atoms with Gasteiger partial charge in [0.25, 0.3) is 0 Å². The third-order valence-corrected chi connectivity index (χ3v) is 13.2. The molecule has 9 aromatic carbocycles. The lowest BCUT2D eigenvalue weighted by atomic mass is 9.64. The Morgan fingerprint density at radius 3 is 1.73 bits per heavy atom. The lowest BCUT2D eigenvalue weighted by Crippen LogP contribution is -2.30. The van der Waals surface area contributed by atoms with Crippen LogP contribution in [0.4, 0.5) is 0 Å². The molecule has 288 valence electrons. The van der Waals surface area contributed by atoms with Crippen LogP contribution in [0.5, 0.6) is 0 Å². The Labute approximate surface area is 358 Å². The van der Waals surface area contributed by atoms with Crippen LogP contribution in [0.15, 0.2) is 218 Å². The number of halogens is 1. The highest BCUT2D eigenvalue weighted by atomic mass is 35.5. The Kier molecular flexibility index (Phi) is 9.88. The lowest BCUT2D eigenvalue weighted by molar-refractivity contribution is 0.459. The van der Waals surface area contributed by atoms with E-state index in [4.69, 9.17) is 11.6 Å². The van der Waals surface area contributed by atoms with Gasteiger partial charge in [-0.15, -0.1) is 0 Å². The second-order valence-corrected chi connectivity index (χ2v) is 16.7. The lowest BCUT2D eigenvalue weighted by Gasteiger charge is -2.40. The minimum absolute atomic E-state index is 0.161. The van der Waals surface area contributed by atoms with Crippen molar-refractivity contribution in [1.82, 2.24) is 0 Å². The topological polar surface area (TPSA) is 0 Å².